The highest BCUT2D eigenvalue weighted by molar-refractivity contribution is 7.13. The maximum Gasteiger partial charge on any atom is 0.254 e. The van der Waals surface area contributed by atoms with Gasteiger partial charge in [0, 0.05) is 43.3 Å². The van der Waals surface area contributed by atoms with Crippen molar-refractivity contribution < 1.29 is 19.0 Å². The number of nitrogens with zero attached hydrogens (tertiary/aromatic N) is 3. The fourth-order valence-electron chi connectivity index (χ4n) is 3.72. The fourth-order valence-corrected chi connectivity index (χ4v) is 4.42. The van der Waals surface area contributed by atoms with Gasteiger partial charge in [-0.2, -0.15) is 0 Å². The molecular weight excluding hydrogens is 438 g/mol. The third kappa shape index (κ3) is 6.16. The number of benzene rings is 2. The van der Waals surface area contributed by atoms with E-state index in [0.29, 0.717) is 43.4 Å². The van der Waals surface area contributed by atoms with E-state index in [2.05, 4.69) is 9.88 Å². The van der Waals surface area contributed by atoms with Crippen LogP contribution >= 0.6 is 11.3 Å². The van der Waals surface area contributed by atoms with Gasteiger partial charge in [-0.05, 0) is 43.7 Å². The maximum absolute atomic E-state index is 13.2. The number of thiazole rings is 1. The minimum atomic E-state index is 0.0101. The average molecular weight is 468 g/mol. The Morgan fingerprint density at radius 1 is 0.970 bits per heavy atom. The number of anilines is 1. The molecule has 1 aliphatic heterocycles. The SMILES string of the molecule is CCOc1cc(C(=O)N2CCCN(c3nccs3)CC2)ccc1OCCOc1ccccc1. The molecule has 3 aromatic rings. The third-order valence-electron chi connectivity index (χ3n) is 5.32. The van der Waals surface area contributed by atoms with Gasteiger partial charge in [-0.15, -0.1) is 11.3 Å². The number of para-hydroxylation sites is 1. The monoisotopic (exact) mass is 467 g/mol. The van der Waals surface area contributed by atoms with Gasteiger partial charge < -0.3 is 24.0 Å². The predicted molar refractivity (Wildman–Crippen MR) is 130 cm³/mol. The van der Waals surface area contributed by atoms with Gasteiger partial charge in [0.25, 0.3) is 5.91 Å². The van der Waals surface area contributed by atoms with Crippen LogP contribution in [-0.2, 0) is 0 Å². The summed E-state index contributed by atoms with van der Waals surface area (Å²) in [4.78, 5) is 21.8. The van der Waals surface area contributed by atoms with Crippen molar-refractivity contribution in [2.45, 2.75) is 13.3 Å². The summed E-state index contributed by atoms with van der Waals surface area (Å²) in [5.74, 6) is 1.99. The number of carbonyl (C=O) groups is 1. The maximum atomic E-state index is 13.2. The molecule has 33 heavy (non-hydrogen) atoms. The third-order valence-corrected chi connectivity index (χ3v) is 6.15. The van der Waals surface area contributed by atoms with Crippen molar-refractivity contribution in [3.05, 3.63) is 65.7 Å². The van der Waals surface area contributed by atoms with E-state index >= 15 is 0 Å². The summed E-state index contributed by atoms with van der Waals surface area (Å²) in [6.07, 6.45) is 2.73. The number of rotatable bonds is 9. The van der Waals surface area contributed by atoms with Crippen molar-refractivity contribution in [2.75, 3.05) is 50.9 Å². The number of aromatic nitrogens is 1. The van der Waals surface area contributed by atoms with Crippen LogP contribution in [0.5, 0.6) is 17.2 Å². The van der Waals surface area contributed by atoms with Gasteiger partial charge in [-0.25, -0.2) is 4.98 Å². The Bertz CT molecular complexity index is 1010. The summed E-state index contributed by atoms with van der Waals surface area (Å²) in [5.41, 5.74) is 0.606. The van der Waals surface area contributed by atoms with Gasteiger partial charge >= 0.3 is 0 Å². The molecule has 1 fully saturated rings. The first-order valence-corrected chi connectivity index (χ1v) is 12.1. The summed E-state index contributed by atoms with van der Waals surface area (Å²) < 4.78 is 17.3. The number of hydrogen-bond donors (Lipinski definition) is 0. The van der Waals surface area contributed by atoms with Crippen LogP contribution in [0.4, 0.5) is 5.13 Å². The second-order valence-corrected chi connectivity index (χ2v) is 8.43. The molecule has 0 bridgehead atoms. The van der Waals surface area contributed by atoms with Crippen LogP contribution in [0.1, 0.15) is 23.7 Å². The molecular formula is C25H29N3O4S. The van der Waals surface area contributed by atoms with E-state index in [1.807, 2.05) is 59.8 Å². The quantitative estimate of drug-likeness (QED) is 0.436. The van der Waals surface area contributed by atoms with Crippen LogP contribution in [0.2, 0.25) is 0 Å². The number of hydrogen-bond acceptors (Lipinski definition) is 7. The average Bonchev–Trinajstić information content (AvgIpc) is 3.27. The second-order valence-electron chi connectivity index (χ2n) is 7.55. The lowest BCUT2D eigenvalue weighted by molar-refractivity contribution is 0.0766. The smallest absolute Gasteiger partial charge is 0.254 e. The van der Waals surface area contributed by atoms with E-state index in [4.69, 9.17) is 14.2 Å². The highest BCUT2D eigenvalue weighted by Gasteiger charge is 2.22. The minimum Gasteiger partial charge on any atom is -0.490 e. The standard InChI is InChI=1S/C25H29N3O4S/c1-2-30-23-19-20(9-10-22(23)32-17-16-31-21-7-4-3-5-8-21)24(29)27-12-6-13-28(15-14-27)25-26-11-18-33-25/h3-5,7-11,18-19H,2,6,12-17H2,1H3. The fraction of sp³-hybridized carbons (Fsp3) is 0.360. The Balaban J connectivity index is 1.36. The van der Waals surface area contributed by atoms with E-state index < -0.39 is 0 Å². The highest BCUT2D eigenvalue weighted by atomic mass is 32.1. The molecule has 1 aliphatic rings. The normalized spacial score (nSPS) is 14.0. The number of carbonyl (C=O) groups excluding carboxylic acids is 1. The summed E-state index contributed by atoms with van der Waals surface area (Å²) in [5, 5.41) is 3.00. The molecule has 1 saturated heterocycles. The summed E-state index contributed by atoms with van der Waals surface area (Å²) in [6.45, 7) is 6.26. The molecule has 0 spiro atoms. The van der Waals surface area contributed by atoms with Gasteiger partial charge in [-0.1, -0.05) is 18.2 Å². The molecule has 1 aromatic heterocycles. The molecule has 0 radical (unpaired) electrons. The number of ether oxygens (including phenoxy) is 3. The van der Waals surface area contributed by atoms with Crippen LogP contribution in [0.15, 0.2) is 60.1 Å². The minimum absolute atomic E-state index is 0.0101. The van der Waals surface area contributed by atoms with E-state index in [-0.39, 0.29) is 5.91 Å². The molecule has 0 unspecified atom stereocenters. The van der Waals surface area contributed by atoms with Crippen molar-refractivity contribution in [1.29, 1.82) is 0 Å². The molecule has 0 aliphatic carbocycles. The summed E-state index contributed by atoms with van der Waals surface area (Å²) >= 11 is 1.63. The molecule has 8 heteroatoms. The molecule has 0 N–H and O–H groups in total. The van der Waals surface area contributed by atoms with Crippen LogP contribution < -0.4 is 19.1 Å². The highest BCUT2D eigenvalue weighted by Crippen LogP contribution is 2.29. The molecule has 174 valence electrons. The van der Waals surface area contributed by atoms with E-state index in [1.54, 1.807) is 23.5 Å². The molecule has 4 rings (SSSR count). The van der Waals surface area contributed by atoms with Gasteiger partial charge in [-0.3, -0.25) is 4.79 Å². The van der Waals surface area contributed by atoms with Crippen molar-refractivity contribution in [1.82, 2.24) is 9.88 Å². The van der Waals surface area contributed by atoms with Crippen LogP contribution in [-0.4, -0.2) is 61.8 Å². The Kier molecular flexibility index (Phi) is 8.03. The Labute approximate surface area is 198 Å². The summed E-state index contributed by atoms with van der Waals surface area (Å²) in [6, 6.07) is 15.0. The lowest BCUT2D eigenvalue weighted by Crippen LogP contribution is -2.35. The first-order chi connectivity index (χ1) is 16.2. The first kappa shape index (κ1) is 22.9. The topological polar surface area (TPSA) is 64.1 Å². The lowest BCUT2D eigenvalue weighted by Gasteiger charge is -2.22. The van der Waals surface area contributed by atoms with Crippen molar-refractivity contribution in [3.63, 3.8) is 0 Å². The van der Waals surface area contributed by atoms with Crippen molar-refractivity contribution in [2.24, 2.45) is 0 Å². The molecule has 0 atom stereocenters. The Morgan fingerprint density at radius 3 is 2.61 bits per heavy atom. The summed E-state index contributed by atoms with van der Waals surface area (Å²) in [7, 11) is 0. The van der Waals surface area contributed by atoms with Crippen molar-refractivity contribution >= 4 is 22.4 Å². The molecule has 2 heterocycles. The second kappa shape index (κ2) is 11.6. The Morgan fingerprint density at radius 2 is 1.82 bits per heavy atom. The van der Waals surface area contributed by atoms with Crippen molar-refractivity contribution in [3.8, 4) is 17.2 Å². The van der Waals surface area contributed by atoms with Gasteiger partial charge in [0.15, 0.2) is 16.6 Å². The lowest BCUT2D eigenvalue weighted by atomic mass is 10.1. The zero-order chi connectivity index (χ0) is 22.9. The molecule has 7 nitrogen and oxygen atoms in total. The predicted octanol–water partition coefficient (Wildman–Crippen LogP) is 4.35. The molecule has 2 aromatic carbocycles. The van der Waals surface area contributed by atoms with E-state index in [1.165, 1.54) is 0 Å². The zero-order valence-electron chi connectivity index (χ0n) is 18.8. The number of amides is 1. The van der Waals surface area contributed by atoms with Gasteiger partial charge in [0.05, 0.1) is 6.61 Å². The van der Waals surface area contributed by atoms with Gasteiger partial charge in [0.1, 0.15) is 19.0 Å². The van der Waals surface area contributed by atoms with Crippen LogP contribution in [0.25, 0.3) is 0 Å². The van der Waals surface area contributed by atoms with Crippen LogP contribution in [0, 0.1) is 0 Å². The largest absolute Gasteiger partial charge is 0.490 e. The van der Waals surface area contributed by atoms with E-state index in [9.17, 15) is 4.79 Å². The molecule has 1 amide bonds. The Hall–Kier alpha value is -3.26. The van der Waals surface area contributed by atoms with Crippen LogP contribution in [0.3, 0.4) is 0 Å². The first-order valence-electron chi connectivity index (χ1n) is 11.3. The van der Waals surface area contributed by atoms with Gasteiger partial charge in [0.2, 0.25) is 0 Å². The molecule has 0 saturated carbocycles. The zero-order valence-corrected chi connectivity index (χ0v) is 19.6. The van der Waals surface area contributed by atoms with E-state index in [0.717, 1.165) is 36.9 Å².